The molecule has 9 heteroatoms. The number of nitro groups is 1. The third-order valence-electron chi connectivity index (χ3n) is 4.12. The number of amides is 1. The van der Waals surface area contributed by atoms with Gasteiger partial charge in [0, 0.05) is 37.7 Å². The largest absolute Gasteiger partial charge is 0.491 e. The molecule has 3 rings (SSSR count). The van der Waals surface area contributed by atoms with Gasteiger partial charge in [0.2, 0.25) is 0 Å². The first kappa shape index (κ1) is 20.0. The molecule has 1 heterocycles. The van der Waals surface area contributed by atoms with Crippen LogP contribution in [-0.2, 0) is 11.3 Å². The zero-order valence-electron chi connectivity index (χ0n) is 15.8. The number of hydrogen-bond acceptors (Lipinski definition) is 6. The number of imidazole rings is 1. The third kappa shape index (κ3) is 5.17. The Hall–Kier alpha value is -3.72. The SMILES string of the molecule is COCCOc1cccc(CNC(=O)c2ccc(-n3ccnc3)c([N+](=O)[O-])c2)c1. The van der Waals surface area contributed by atoms with Crippen molar-refractivity contribution >= 4 is 11.6 Å². The molecule has 0 bridgehead atoms. The zero-order chi connectivity index (χ0) is 20.6. The minimum Gasteiger partial charge on any atom is -0.491 e. The molecular formula is C20H20N4O5. The van der Waals surface area contributed by atoms with Gasteiger partial charge in [-0.25, -0.2) is 4.98 Å². The average molecular weight is 396 g/mol. The summed E-state index contributed by atoms with van der Waals surface area (Å²) in [5.74, 6) is 0.269. The lowest BCUT2D eigenvalue weighted by atomic mass is 10.1. The predicted molar refractivity (Wildman–Crippen MR) is 105 cm³/mol. The van der Waals surface area contributed by atoms with Crippen molar-refractivity contribution in [3.8, 4) is 11.4 Å². The van der Waals surface area contributed by atoms with E-state index in [0.29, 0.717) is 24.7 Å². The second kappa shape index (κ2) is 9.47. The summed E-state index contributed by atoms with van der Waals surface area (Å²) in [6.07, 6.45) is 4.59. The Kier molecular flexibility index (Phi) is 6.54. The monoisotopic (exact) mass is 396 g/mol. The van der Waals surface area contributed by atoms with Crippen molar-refractivity contribution in [2.24, 2.45) is 0 Å². The molecule has 0 fully saturated rings. The van der Waals surface area contributed by atoms with Gasteiger partial charge >= 0.3 is 0 Å². The van der Waals surface area contributed by atoms with Crippen LogP contribution in [0, 0.1) is 10.1 Å². The van der Waals surface area contributed by atoms with E-state index in [2.05, 4.69) is 10.3 Å². The normalized spacial score (nSPS) is 10.5. The van der Waals surface area contributed by atoms with Gasteiger partial charge in [0.15, 0.2) is 0 Å². The average Bonchev–Trinajstić information content (AvgIpc) is 3.27. The highest BCUT2D eigenvalue weighted by atomic mass is 16.6. The van der Waals surface area contributed by atoms with Crippen molar-refractivity contribution in [1.82, 2.24) is 14.9 Å². The van der Waals surface area contributed by atoms with Crippen LogP contribution in [-0.4, -0.2) is 40.7 Å². The molecule has 0 atom stereocenters. The van der Waals surface area contributed by atoms with Crippen LogP contribution in [0.5, 0.6) is 5.75 Å². The molecule has 0 saturated heterocycles. The van der Waals surface area contributed by atoms with Crippen molar-refractivity contribution in [3.63, 3.8) is 0 Å². The Morgan fingerprint density at radius 1 is 1.24 bits per heavy atom. The smallest absolute Gasteiger partial charge is 0.294 e. The van der Waals surface area contributed by atoms with Crippen LogP contribution in [0.25, 0.3) is 5.69 Å². The van der Waals surface area contributed by atoms with E-state index in [0.717, 1.165) is 5.56 Å². The molecule has 9 nitrogen and oxygen atoms in total. The number of aromatic nitrogens is 2. The number of carbonyl (C=O) groups excluding carboxylic acids is 1. The quantitative estimate of drug-likeness (QED) is 0.338. The highest BCUT2D eigenvalue weighted by molar-refractivity contribution is 5.95. The highest BCUT2D eigenvalue weighted by Gasteiger charge is 2.18. The molecule has 0 aliphatic carbocycles. The van der Waals surface area contributed by atoms with E-state index in [-0.39, 0.29) is 17.8 Å². The van der Waals surface area contributed by atoms with Crippen LogP contribution in [0.1, 0.15) is 15.9 Å². The number of nitrogens with zero attached hydrogens (tertiary/aromatic N) is 3. The van der Waals surface area contributed by atoms with Crippen molar-refractivity contribution < 1.29 is 19.2 Å². The van der Waals surface area contributed by atoms with E-state index in [1.807, 2.05) is 24.3 Å². The molecule has 0 aliphatic rings. The number of nitro benzene ring substituents is 1. The number of carbonyl (C=O) groups is 1. The number of ether oxygens (including phenoxy) is 2. The Morgan fingerprint density at radius 3 is 2.83 bits per heavy atom. The third-order valence-corrected chi connectivity index (χ3v) is 4.12. The molecule has 0 unspecified atom stereocenters. The van der Waals surface area contributed by atoms with Crippen LogP contribution >= 0.6 is 0 Å². The molecule has 0 spiro atoms. The van der Waals surface area contributed by atoms with Crippen molar-refractivity contribution in [2.45, 2.75) is 6.54 Å². The molecule has 1 amide bonds. The summed E-state index contributed by atoms with van der Waals surface area (Å²) in [6.45, 7) is 1.17. The second-order valence-electron chi connectivity index (χ2n) is 6.10. The summed E-state index contributed by atoms with van der Waals surface area (Å²) in [4.78, 5) is 27.3. The molecule has 3 aromatic rings. The predicted octanol–water partition coefficient (Wildman–Crippen LogP) is 2.74. The lowest BCUT2D eigenvalue weighted by Crippen LogP contribution is -2.23. The van der Waals surface area contributed by atoms with E-state index in [9.17, 15) is 14.9 Å². The van der Waals surface area contributed by atoms with Crippen molar-refractivity contribution in [1.29, 1.82) is 0 Å². The molecule has 2 aromatic carbocycles. The minimum atomic E-state index is -0.521. The van der Waals surface area contributed by atoms with Crippen LogP contribution in [0.2, 0.25) is 0 Å². The van der Waals surface area contributed by atoms with Crippen LogP contribution in [0.15, 0.2) is 61.2 Å². The minimum absolute atomic E-state index is 0.177. The lowest BCUT2D eigenvalue weighted by molar-refractivity contribution is -0.384. The first-order valence-corrected chi connectivity index (χ1v) is 8.84. The number of methoxy groups -OCH3 is 1. The first-order chi connectivity index (χ1) is 14.1. The molecular weight excluding hydrogens is 376 g/mol. The summed E-state index contributed by atoms with van der Waals surface area (Å²) in [5, 5.41) is 14.2. The van der Waals surface area contributed by atoms with Gasteiger partial charge in [-0.1, -0.05) is 12.1 Å². The van der Waals surface area contributed by atoms with Crippen molar-refractivity contribution in [3.05, 3.63) is 82.4 Å². The molecule has 0 radical (unpaired) electrons. The maximum atomic E-state index is 12.5. The van der Waals surface area contributed by atoms with Gasteiger partial charge in [0.1, 0.15) is 18.0 Å². The van der Waals surface area contributed by atoms with Gasteiger partial charge in [-0.2, -0.15) is 0 Å². The summed E-state index contributed by atoms with van der Waals surface area (Å²) in [6, 6.07) is 11.7. The van der Waals surface area contributed by atoms with Gasteiger partial charge in [-0.3, -0.25) is 14.9 Å². The van der Waals surface area contributed by atoms with E-state index in [4.69, 9.17) is 9.47 Å². The van der Waals surface area contributed by atoms with Crippen LogP contribution in [0.4, 0.5) is 5.69 Å². The van der Waals surface area contributed by atoms with Crippen LogP contribution < -0.4 is 10.1 Å². The van der Waals surface area contributed by atoms with Gasteiger partial charge in [0.05, 0.1) is 17.9 Å². The summed E-state index contributed by atoms with van der Waals surface area (Å²) in [5.41, 5.74) is 1.21. The molecule has 1 N–H and O–H groups in total. The fourth-order valence-electron chi connectivity index (χ4n) is 2.70. The summed E-state index contributed by atoms with van der Waals surface area (Å²) in [7, 11) is 1.60. The second-order valence-corrected chi connectivity index (χ2v) is 6.10. The molecule has 29 heavy (non-hydrogen) atoms. The number of benzene rings is 2. The number of nitrogens with one attached hydrogen (secondary N) is 1. The fraction of sp³-hybridized carbons (Fsp3) is 0.200. The molecule has 0 aliphatic heterocycles. The Morgan fingerprint density at radius 2 is 2.10 bits per heavy atom. The highest BCUT2D eigenvalue weighted by Crippen LogP contribution is 2.24. The fourth-order valence-corrected chi connectivity index (χ4v) is 2.70. The standard InChI is InChI=1S/C20H20N4O5/c1-28-9-10-29-17-4-2-3-15(11-17)13-22-20(25)16-5-6-18(19(12-16)24(26)27)23-8-7-21-14-23/h2-8,11-12,14H,9-10,13H2,1H3,(H,22,25). The molecule has 0 saturated carbocycles. The number of hydrogen-bond donors (Lipinski definition) is 1. The van der Waals surface area contributed by atoms with Gasteiger partial charge in [0.25, 0.3) is 11.6 Å². The van der Waals surface area contributed by atoms with E-state index in [1.54, 1.807) is 19.4 Å². The van der Waals surface area contributed by atoms with E-state index < -0.39 is 10.8 Å². The van der Waals surface area contributed by atoms with Gasteiger partial charge in [-0.05, 0) is 29.8 Å². The Labute approximate surface area is 167 Å². The lowest BCUT2D eigenvalue weighted by Gasteiger charge is -2.10. The van der Waals surface area contributed by atoms with Gasteiger partial charge in [-0.15, -0.1) is 0 Å². The van der Waals surface area contributed by atoms with Gasteiger partial charge < -0.3 is 19.4 Å². The maximum absolute atomic E-state index is 12.5. The van der Waals surface area contributed by atoms with Crippen LogP contribution in [0.3, 0.4) is 0 Å². The van der Waals surface area contributed by atoms with E-state index in [1.165, 1.54) is 29.2 Å². The Balaban J connectivity index is 1.69. The summed E-state index contributed by atoms with van der Waals surface area (Å²) >= 11 is 0. The molecule has 1 aromatic heterocycles. The topological polar surface area (TPSA) is 109 Å². The zero-order valence-corrected chi connectivity index (χ0v) is 15.8. The number of rotatable bonds is 9. The molecule has 150 valence electrons. The maximum Gasteiger partial charge on any atom is 0.294 e. The summed E-state index contributed by atoms with van der Waals surface area (Å²) < 4.78 is 12.0. The first-order valence-electron chi connectivity index (χ1n) is 8.84. The van der Waals surface area contributed by atoms with E-state index >= 15 is 0 Å². The Bertz CT molecular complexity index is 988. The van der Waals surface area contributed by atoms with Crippen molar-refractivity contribution in [2.75, 3.05) is 20.3 Å².